The lowest BCUT2D eigenvalue weighted by molar-refractivity contribution is -0.122. The Labute approximate surface area is 164 Å². The Morgan fingerprint density at radius 3 is 2.61 bits per heavy atom. The maximum absolute atomic E-state index is 12.6. The van der Waals surface area contributed by atoms with E-state index in [0.29, 0.717) is 16.5 Å². The number of hydrogen-bond acceptors (Lipinski definition) is 5. The fraction of sp³-hybridized carbons (Fsp3) is 0.222. The van der Waals surface area contributed by atoms with Crippen LogP contribution in [0.2, 0.25) is 5.02 Å². The molecule has 0 atom stereocenters. The van der Waals surface area contributed by atoms with E-state index in [1.54, 1.807) is 36.4 Å². The molecule has 0 saturated carbocycles. The van der Waals surface area contributed by atoms with E-state index in [0.717, 1.165) is 15.0 Å². The molecule has 10 heteroatoms. The number of furan rings is 1. The molecule has 1 aromatic carbocycles. The third-order valence-electron chi connectivity index (χ3n) is 4.32. The molecule has 0 aliphatic carbocycles. The molecule has 0 unspecified atom stereocenters. The van der Waals surface area contributed by atoms with Gasteiger partial charge in [0.2, 0.25) is 5.91 Å². The number of nitrogens with one attached hydrogen (secondary N) is 1. The topological polar surface area (TPSA) is 102 Å². The third-order valence-corrected chi connectivity index (χ3v) is 4.57. The van der Waals surface area contributed by atoms with E-state index in [9.17, 15) is 14.4 Å². The van der Waals surface area contributed by atoms with Crippen LogP contribution in [-0.4, -0.2) is 26.3 Å². The molecule has 3 heterocycles. The fourth-order valence-corrected chi connectivity index (χ4v) is 3.09. The van der Waals surface area contributed by atoms with Crippen molar-refractivity contribution in [1.29, 1.82) is 0 Å². The van der Waals surface area contributed by atoms with Crippen LogP contribution < -0.4 is 15.9 Å². The molecule has 0 saturated heterocycles. The molecule has 0 spiro atoms. The van der Waals surface area contributed by atoms with Crippen LogP contribution in [-0.2, 0) is 24.4 Å². The van der Waals surface area contributed by atoms with Gasteiger partial charge in [-0.3, -0.25) is 9.69 Å². The molecule has 0 fully saturated rings. The highest BCUT2D eigenvalue weighted by molar-refractivity contribution is 6.30. The van der Waals surface area contributed by atoms with Gasteiger partial charge in [0.05, 0.1) is 13.1 Å². The molecule has 0 radical (unpaired) electrons. The van der Waals surface area contributed by atoms with E-state index in [4.69, 9.17) is 16.0 Å². The van der Waals surface area contributed by atoms with E-state index in [-0.39, 0.29) is 25.5 Å². The third kappa shape index (κ3) is 3.31. The Hall–Kier alpha value is -3.33. The molecule has 1 aliphatic rings. The molecule has 28 heavy (non-hydrogen) atoms. The number of hydrogen-bond donors (Lipinski definition) is 1. The first-order valence-electron chi connectivity index (χ1n) is 8.50. The zero-order chi connectivity index (χ0) is 19.8. The lowest BCUT2D eigenvalue weighted by Crippen LogP contribution is -2.37. The highest BCUT2D eigenvalue weighted by Crippen LogP contribution is 2.23. The Bertz CT molecular complexity index is 1110. The van der Waals surface area contributed by atoms with Gasteiger partial charge in [0, 0.05) is 10.7 Å². The van der Waals surface area contributed by atoms with Gasteiger partial charge in [-0.05, 0) is 43.3 Å². The van der Waals surface area contributed by atoms with Crippen LogP contribution in [0.15, 0.2) is 45.6 Å². The number of nitrogens with zero attached hydrogens (tertiary/aromatic N) is 4. The number of benzene rings is 1. The zero-order valence-electron chi connectivity index (χ0n) is 14.9. The van der Waals surface area contributed by atoms with Gasteiger partial charge in [-0.15, -0.1) is 0 Å². The number of aromatic nitrogens is 3. The van der Waals surface area contributed by atoms with Crippen LogP contribution in [0.25, 0.3) is 0 Å². The second-order valence-corrected chi connectivity index (χ2v) is 6.76. The quantitative estimate of drug-likeness (QED) is 0.703. The number of fused-ring (bicyclic) bond motifs is 1. The van der Waals surface area contributed by atoms with E-state index in [1.807, 2.05) is 6.92 Å². The van der Waals surface area contributed by atoms with Crippen molar-refractivity contribution in [2.75, 3.05) is 4.90 Å². The second kappa shape index (κ2) is 7.01. The molecule has 2 amide bonds. The maximum atomic E-state index is 12.6. The first kappa shape index (κ1) is 18.1. The predicted molar refractivity (Wildman–Crippen MR) is 100 cm³/mol. The van der Waals surface area contributed by atoms with E-state index in [2.05, 4.69) is 10.4 Å². The van der Waals surface area contributed by atoms with Gasteiger partial charge < -0.3 is 9.73 Å². The van der Waals surface area contributed by atoms with E-state index >= 15 is 0 Å². The summed E-state index contributed by atoms with van der Waals surface area (Å²) in [5.74, 6) is 1.23. The van der Waals surface area contributed by atoms with Crippen molar-refractivity contribution in [1.82, 2.24) is 19.7 Å². The average Bonchev–Trinajstić information content (AvgIpc) is 3.31. The van der Waals surface area contributed by atoms with Gasteiger partial charge in [0.25, 0.3) is 0 Å². The number of carbonyl (C=O) groups excluding carboxylic acids is 2. The normalized spacial score (nSPS) is 13.1. The second-order valence-electron chi connectivity index (χ2n) is 6.33. The molecule has 144 valence electrons. The first-order chi connectivity index (χ1) is 13.4. The number of anilines is 1. The Balaban J connectivity index is 1.45. The molecular formula is C18H16ClN5O4. The van der Waals surface area contributed by atoms with Crippen LogP contribution in [0.4, 0.5) is 10.5 Å². The smallest absolute Gasteiger partial charge is 0.354 e. The summed E-state index contributed by atoms with van der Waals surface area (Å²) in [6.07, 6.45) is 0. The van der Waals surface area contributed by atoms with Crippen LogP contribution in [0, 0.1) is 6.92 Å². The van der Waals surface area contributed by atoms with Crippen LogP contribution in [0.3, 0.4) is 0 Å². The summed E-state index contributed by atoms with van der Waals surface area (Å²) in [4.78, 5) is 38.6. The summed E-state index contributed by atoms with van der Waals surface area (Å²) < 4.78 is 7.32. The fourth-order valence-electron chi connectivity index (χ4n) is 2.96. The molecule has 1 N–H and O–H groups in total. The van der Waals surface area contributed by atoms with E-state index in [1.165, 1.54) is 4.90 Å². The van der Waals surface area contributed by atoms with Crippen molar-refractivity contribution in [3.63, 3.8) is 0 Å². The monoisotopic (exact) mass is 401 g/mol. The van der Waals surface area contributed by atoms with Gasteiger partial charge in [-0.2, -0.15) is 9.67 Å². The summed E-state index contributed by atoms with van der Waals surface area (Å²) in [7, 11) is 0. The van der Waals surface area contributed by atoms with Crippen molar-refractivity contribution >= 4 is 29.2 Å². The van der Waals surface area contributed by atoms with E-state index < -0.39 is 17.6 Å². The SMILES string of the molecule is Cc1ccc(CNC(=O)Cn2nc3n(c2=O)C(=O)N(c2ccc(Cl)cc2)C3)o1. The molecule has 2 aromatic heterocycles. The first-order valence-corrected chi connectivity index (χ1v) is 8.88. The number of halogens is 1. The number of amides is 2. The Kier molecular flexibility index (Phi) is 4.52. The number of carbonyl (C=O) groups is 2. The minimum absolute atomic E-state index is 0.135. The zero-order valence-corrected chi connectivity index (χ0v) is 15.6. The van der Waals surface area contributed by atoms with Gasteiger partial charge in [0.1, 0.15) is 18.1 Å². The van der Waals surface area contributed by atoms with Crippen molar-refractivity contribution < 1.29 is 14.0 Å². The molecule has 0 bridgehead atoms. The standard InChI is InChI=1S/C18H16ClN5O4/c1-11-2-7-14(28-11)8-20-16(25)10-23-18(27)24-15(21-23)9-22(17(24)26)13-5-3-12(19)4-6-13/h2-7H,8-10H2,1H3,(H,20,25). The molecule has 3 aromatic rings. The lowest BCUT2D eigenvalue weighted by Gasteiger charge is -2.14. The molecule has 9 nitrogen and oxygen atoms in total. The van der Waals surface area contributed by atoms with Crippen LogP contribution in [0.1, 0.15) is 17.3 Å². The molecule has 1 aliphatic heterocycles. The van der Waals surface area contributed by atoms with Gasteiger partial charge >= 0.3 is 11.7 Å². The number of aryl methyl sites for hydroxylation is 1. The summed E-state index contributed by atoms with van der Waals surface area (Å²) >= 11 is 5.87. The highest BCUT2D eigenvalue weighted by Gasteiger charge is 2.33. The average molecular weight is 402 g/mol. The summed E-state index contributed by atoms with van der Waals surface area (Å²) in [6, 6.07) is 9.74. The minimum Gasteiger partial charge on any atom is -0.465 e. The van der Waals surface area contributed by atoms with Crippen molar-refractivity contribution in [2.24, 2.45) is 0 Å². The summed E-state index contributed by atoms with van der Waals surface area (Å²) in [5, 5.41) is 7.33. The van der Waals surface area contributed by atoms with Crippen LogP contribution in [0.5, 0.6) is 0 Å². The highest BCUT2D eigenvalue weighted by atomic mass is 35.5. The summed E-state index contributed by atoms with van der Waals surface area (Å²) in [5.41, 5.74) is -0.0437. The Morgan fingerprint density at radius 2 is 1.96 bits per heavy atom. The number of rotatable bonds is 5. The lowest BCUT2D eigenvalue weighted by atomic mass is 10.3. The van der Waals surface area contributed by atoms with Gasteiger partial charge in [-0.1, -0.05) is 11.6 Å². The van der Waals surface area contributed by atoms with Crippen molar-refractivity contribution in [3.05, 3.63) is 69.3 Å². The molecule has 4 rings (SSSR count). The van der Waals surface area contributed by atoms with Crippen LogP contribution >= 0.6 is 11.6 Å². The van der Waals surface area contributed by atoms with Gasteiger partial charge in [0.15, 0.2) is 5.82 Å². The summed E-state index contributed by atoms with van der Waals surface area (Å²) in [6.45, 7) is 1.86. The van der Waals surface area contributed by atoms with Crippen molar-refractivity contribution in [2.45, 2.75) is 26.6 Å². The Morgan fingerprint density at radius 1 is 1.21 bits per heavy atom. The minimum atomic E-state index is -0.652. The predicted octanol–water partition coefficient (Wildman–Crippen LogP) is 1.90. The largest absolute Gasteiger partial charge is 0.465 e. The molecular weight excluding hydrogens is 386 g/mol. The van der Waals surface area contributed by atoms with Crippen molar-refractivity contribution in [3.8, 4) is 0 Å². The maximum Gasteiger partial charge on any atom is 0.354 e. The van der Waals surface area contributed by atoms with Gasteiger partial charge in [-0.25, -0.2) is 14.3 Å².